The minimum absolute atomic E-state index is 0.118. The molecule has 0 aliphatic heterocycles. The van der Waals surface area contributed by atoms with Crippen LogP contribution in [0.5, 0.6) is 0 Å². The molecule has 0 bridgehead atoms. The van der Waals surface area contributed by atoms with Crippen molar-refractivity contribution in [3.8, 4) is 0 Å². The molecule has 0 saturated heterocycles. The topological polar surface area (TPSA) is 70.6 Å². The number of rotatable bonds is 8. The predicted molar refractivity (Wildman–Crippen MR) is 119 cm³/mol. The van der Waals surface area contributed by atoms with Crippen LogP contribution in [-0.4, -0.2) is 24.1 Å². The summed E-state index contributed by atoms with van der Waals surface area (Å²) < 4.78 is 0. The highest BCUT2D eigenvalue weighted by atomic mass is 16.2. The summed E-state index contributed by atoms with van der Waals surface area (Å²) in [6, 6.07) is 27.4. The molecule has 3 aromatic carbocycles. The summed E-state index contributed by atoms with van der Waals surface area (Å²) in [5.41, 5.74) is 7.28. The Hall–Kier alpha value is -3.73. The van der Waals surface area contributed by atoms with Crippen molar-refractivity contribution in [2.45, 2.75) is 19.8 Å². The van der Waals surface area contributed by atoms with Crippen LogP contribution in [0.3, 0.4) is 0 Å². The van der Waals surface area contributed by atoms with Crippen molar-refractivity contribution in [3.05, 3.63) is 107 Å². The summed E-state index contributed by atoms with van der Waals surface area (Å²) in [7, 11) is 0. The van der Waals surface area contributed by atoms with E-state index in [1.165, 1.54) is 5.56 Å². The second-order valence-electron chi connectivity index (χ2n) is 6.99. The average Bonchev–Trinajstić information content (AvgIpc) is 2.79. The lowest BCUT2D eigenvalue weighted by molar-refractivity contribution is -0.126. The molecule has 0 spiro atoms. The van der Waals surface area contributed by atoms with Crippen molar-refractivity contribution in [2.24, 2.45) is 5.10 Å². The van der Waals surface area contributed by atoms with E-state index in [-0.39, 0.29) is 18.4 Å². The number of carbonyl (C=O) groups excluding carboxylic acids is 2. The number of nitrogens with one attached hydrogen (secondary N) is 2. The fraction of sp³-hybridized carbons (Fsp3) is 0.160. The summed E-state index contributed by atoms with van der Waals surface area (Å²) in [4.78, 5) is 24.2. The van der Waals surface area contributed by atoms with E-state index in [1.54, 1.807) is 0 Å². The van der Waals surface area contributed by atoms with E-state index in [0.717, 1.165) is 16.7 Å². The number of hydrogen-bond donors (Lipinski definition) is 2. The predicted octanol–water partition coefficient (Wildman–Crippen LogP) is 3.61. The van der Waals surface area contributed by atoms with Gasteiger partial charge in [0.1, 0.15) is 0 Å². The Morgan fingerprint density at radius 1 is 0.767 bits per heavy atom. The van der Waals surface area contributed by atoms with Gasteiger partial charge in [0, 0.05) is 17.5 Å². The number of hydrogen-bond acceptors (Lipinski definition) is 3. The fourth-order valence-electron chi connectivity index (χ4n) is 2.93. The average molecular weight is 399 g/mol. The smallest absolute Gasteiger partial charge is 0.259 e. The lowest BCUT2D eigenvalue weighted by Crippen LogP contribution is -2.35. The summed E-state index contributed by atoms with van der Waals surface area (Å²) in [6.07, 6.45) is 0.969. The van der Waals surface area contributed by atoms with Gasteiger partial charge in [-0.3, -0.25) is 9.59 Å². The van der Waals surface area contributed by atoms with Crippen molar-refractivity contribution in [2.75, 3.05) is 6.54 Å². The van der Waals surface area contributed by atoms with E-state index in [9.17, 15) is 9.59 Å². The van der Waals surface area contributed by atoms with Gasteiger partial charge >= 0.3 is 0 Å². The molecular formula is C25H25N3O2. The third-order valence-corrected chi connectivity index (χ3v) is 4.59. The molecule has 5 heteroatoms. The lowest BCUT2D eigenvalue weighted by atomic mass is 10.0. The fourth-order valence-corrected chi connectivity index (χ4v) is 2.93. The summed E-state index contributed by atoms with van der Waals surface area (Å²) in [6.45, 7) is 1.91. The first-order valence-electron chi connectivity index (χ1n) is 9.91. The number of aryl methyl sites for hydroxylation is 2. The van der Waals surface area contributed by atoms with Gasteiger partial charge in [-0.05, 0) is 18.9 Å². The molecule has 3 aromatic rings. The van der Waals surface area contributed by atoms with Gasteiger partial charge in [0.25, 0.3) is 5.91 Å². The quantitative estimate of drug-likeness (QED) is 0.449. The van der Waals surface area contributed by atoms with Gasteiger partial charge in [0.05, 0.1) is 12.3 Å². The van der Waals surface area contributed by atoms with E-state index in [2.05, 4.69) is 15.8 Å². The van der Waals surface area contributed by atoms with Crippen LogP contribution in [0.2, 0.25) is 0 Å². The largest absolute Gasteiger partial charge is 0.347 e. The number of amides is 2. The maximum Gasteiger partial charge on any atom is 0.259 e. The summed E-state index contributed by atoms with van der Waals surface area (Å²) in [5.74, 6) is -0.538. The lowest BCUT2D eigenvalue weighted by Gasteiger charge is -2.09. The molecule has 0 unspecified atom stereocenters. The molecule has 0 aromatic heterocycles. The Morgan fingerprint density at radius 2 is 1.33 bits per heavy atom. The highest BCUT2D eigenvalue weighted by molar-refractivity contribution is 6.13. The Kier molecular flexibility index (Phi) is 7.50. The van der Waals surface area contributed by atoms with Gasteiger partial charge in [-0.1, -0.05) is 90.5 Å². The molecular weight excluding hydrogens is 374 g/mol. The first-order chi connectivity index (χ1) is 14.6. The molecule has 0 saturated carbocycles. The van der Waals surface area contributed by atoms with Crippen LogP contribution < -0.4 is 10.7 Å². The number of benzene rings is 3. The Labute approximate surface area is 176 Å². The highest BCUT2D eigenvalue weighted by Crippen LogP contribution is 2.10. The second-order valence-corrected chi connectivity index (χ2v) is 6.99. The monoisotopic (exact) mass is 399 g/mol. The third-order valence-electron chi connectivity index (χ3n) is 4.59. The molecule has 3 rings (SSSR count). The van der Waals surface area contributed by atoms with Crippen LogP contribution in [0.4, 0.5) is 0 Å². The van der Waals surface area contributed by atoms with Gasteiger partial charge in [0.2, 0.25) is 5.91 Å². The van der Waals surface area contributed by atoms with Crippen LogP contribution >= 0.6 is 0 Å². The Bertz CT molecular complexity index is 956. The van der Waals surface area contributed by atoms with Crippen LogP contribution in [0.1, 0.15) is 28.7 Å². The molecule has 5 nitrogen and oxygen atoms in total. The molecule has 0 aliphatic rings. The molecule has 0 fully saturated rings. The van der Waals surface area contributed by atoms with Crippen molar-refractivity contribution in [3.63, 3.8) is 0 Å². The van der Waals surface area contributed by atoms with Gasteiger partial charge < -0.3 is 5.32 Å². The molecule has 152 valence electrons. The van der Waals surface area contributed by atoms with Crippen LogP contribution in [0.15, 0.2) is 90.0 Å². The zero-order valence-electron chi connectivity index (χ0n) is 17.0. The van der Waals surface area contributed by atoms with Crippen LogP contribution in [0, 0.1) is 6.92 Å². The van der Waals surface area contributed by atoms with Crippen molar-refractivity contribution < 1.29 is 9.59 Å². The summed E-state index contributed by atoms with van der Waals surface area (Å²) >= 11 is 0. The van der Waals surface area contributed by atoms with Gasteiger partial charge in [-0.2, -0.15) is 5.10 Å². The van der Waals surface area contributed by atoms with Gasteiger partial charge in [-0.25, -0.2) is 5.43 Å². The Balaban J connectivity index is 1.54. The second kappa shape index (κ2) is 10.7. The number of nitrogens with zero attached hydrogens (tertiary/aromatic N) is 1. The molecule has 0 heterocycles. The first-order valence-corrected chi connectivity index (χ1v) is 9.91. The standard InChI is InChI=1S/C25H25N3O2/c1-19-12-14-20(15-13-19)16-17-23(29)26-18-24(30)27-28-25(21-8-4-2-5-9-21)22-10-6-3-7-11-22/h2-15H,16-18H2,1H3,(H,26,29)(H,27,30). The minimum Gasteiger partial charge on any atom is -0.347 e. The zero-order chi connectivity index (χ0) is 21.2. The van der Waals surface area contributed by atoms with E-state index in [0.29, 0.717) is 18.6 Å². The molecule has 0 radical (unpaired) electrons. The molecule has 30 heavy (non-hydrogen) atoms. The number of carbonyl (C=O) groups is 2. The van der Waals surface area contributed by atoms with Gasteiger partial charge in [-0.15, -0.1) is 0 Å². The van der Waals surface area contributed by atoms with Crippen molar-refractivity contribution in [1.29, 1.82) is 0 Å². The molecule has 0 atom stereocenters. The molecule has 2 N–H and O–H groups in total. The van der Waals surface area contributed by atoms with E-state index < -0.39 is 0 Å². The maximum atomic E-state index is 12.2. The third kappa shape index (κ3) is 6.41. The van der Waals surface area contributed by atoms with E-state index in [1.807, 2.05) is 91.9 Å². The number of hydrazone groups is 1. The maximum absolute atomic E-state index is 12.2. The summed E-state index contributed by atoms with van der Waals surface area (Å²) in [5, 5.41) is 6.96. The minimum atomic E-state index is -0.372. The normalized spacial score (nSPS) is 10.2. The highest BCUT2D eigenvalue weighted by Gasteiger charge is 2.09. The van der Waals surface area contributed by atoms with E-state index >= 15 is 0 Å². The molecule has 2 amide bonds. The van der Waals surface area contributed by atoms with Crippen molar-refractivity contribution in [1.82, 2.24) is 10.7 Å². The van der Waals surface area contributed by atoms with E-state index in [4.69, 9.17) is 0 Å². The Morgan fingerprint density at radius 3 is 1.90 bits per heavy atom. The SMILES string of the molecule is Cc1ccc(CCC(=O)NCC(=O)NN=C(c2ccccc2)c2ccccc2)cc1. The zero-order valence-corrected chi connectivity index (χ0v) is 17.0. The van der Waals surface area contributed by atoms with Crippen molar-refractivity contribution >= 4 is 17.5 Å². The molecule has 0 aliphatic carbocycles. The first kappa shape index (κ1) is 21.0. The van der Waals surface area contributed by atoms with Crippen LogP contribution in [0.25, 0.3) is 0 Å². The van der Waals surface area contributed by atoms with Gasteiger partial charge in [0.15, 0.2) is 0 Å². The van der Waals surface area contributed by atoms with Crippen LogP contribution in [-0.2, 0) is 16.0 Å².